The summed E-state index contributed by atoms with van der Waals surface area (Å²) >= 11 is 0. The molecule has 0 aliphatic rings. The zero-order valence-corrected chi connectivity index (χ0v) is 18.5. The molecule has 7 heteroatoms. The summed E-state index contributed by atoms with van der Waals surface area (Å²) < 4.78 is 31.5. The molecule has 29 heavy (non-hydrogen) atoms. The summed E-state index contributed by atoms with van der Waals surface area (Å²) in [6, 6.07) is 12.2. The highest BCUT2D eigenvalue weighted by molar-refractivity contribution is 7.92. The third-order valence-corrected chi connectivity index (χ3v) is 5.79. The van der Waals surface area contributed by atoms with Gasteiger partial charge in [0, 0.05) is 0 Å². The van der Waals surface area contributed by atoms with Crippen molar-refractivity contribution in [2.75, 3.05) is 23.7 Å². The van der Waals surface area contributed by atoms with Crippen LogP contribution in [0.25, 0.3) is 0 Å². The third kappa shape index (κ3) is 6.49. The van der Waals surface area contributed by atoms with Gasteiger partial charge in [-0.1, -0.05) is 25.1 Å². The summed E-state index contributed by atoms with van der Waals surface area (Å²) in [6.45, 7) is 8.18. The monoisotopic (exact) mass is 418 g/mol. The predicted molar refractivity (Wildman–Crippen MR) is 117 cm³/mol. The number of carbonyl (C=O) groups is 1. The first-order chi connectivity index (χ1) is 13.6. The lowest BCUT2D eigenvalue weighted by atomic mass is 10.1. The fourth-order valence-corrected chi connectivity index (χ4v) is 4.37. The highest BCUT2D eigenvalue weighted by Gasteiger charge is 2.28. The van der Waals surface area contributed by atoms with Crippen LogP contribution in [0.4, 0.5) is 5.69 Å². The van der Waals surface area contributed by atoms with Gasteiger partial charge in [-0.25, -0.2) is 8.42 Å². The van der Waals surface area contributed by atoms with Crippen LogP contribution in [0.5, 0.6) is 5.75 Å². The molecule has 2 aromatic carbocycles. The Morgan fingerprint density at radius 1 is 1.10 bits per heavy atom. The number of aryl methyl sites for hydroxylation is 3. The zero-order chi connectivity index (χ0) is 21.6. The van der Waals surface area contributed by atoms with Gasteiger partial charge in [-0.05, 0) is 68.1 Å². The van der Waals surface area contributed by atoms with Gasteiger partial charge in [0.25, 0.3) is 0 Å². The molecular weight excluding hydrogens is 388 g/mol. The van der Waals surface area contributed by atoms with Crippen molar-refractivity contribution in [3.63, 3.8) is 0 Å². The summed E-state index contributed by atoms with van der Waals surface area (Å²) in [4.78, 5) is 12.6. The van der Waals surface area contributed by atoms with E-state index in [1.54, 1.807) is 19.1 Å². The molecule has 0 heterocycles. The fourth-order valence-electron chi connectivity index (χ4n) is 3.19. The predicted octanol–water partition coefficient (Wildman–Crippen LogP) is 3.22. The Labute approximate surface area is 173 Å². The van der Waals surface area contributed by atoms with Crippen molar-refractivity contribution < 1.29 is 17.9 Å². The van der Waals surface area contributed by atoms with Crippen LogP contribution in [0.2, 0.25) is 0 Å². The van der Waals surface area contributed by atoms with Gasteiger partial charge < -0.3 is 10.1 Å². The Morgan fingerprint density at radius 2 is 1.69 bits per heavy atom. The number of ether oxygens (including phenoxy) is 1. The number of hydrogen-bond donors (Lipinski definition) is 1. The molecule has 1 N–H and O–H groups in total. The molecule has 0 radical (unpaired) electrons. The number of benzene rings is 2. The first-order valence-corrected chi connectivity index (χ1v) is 11.5. The molecule has 0 aliphatic heterocycles. The second kappa shape index (κ2) is 9.78. The minimum atomic E-state index is -3.62. The van der Waals surface area contributed by atoms with Gasteiger partial charge >= 0.3 is 0 Å². The first kappa shape index (κ1) is 22.7. The van der Waals surface area contributed by atoms with E-state index in [-0.39, 0.29) is 12.5 Å². The average molecular weight is 419 g/mol. The molecule has 0 fully saturated rings. The van der Waals surface area contributed by atoms with Crippen LogP contribution in [-0.4, -0.2) is 39.8 Å². The Bertz CT molecular complexity index is 920. The number of carbonyl (C=O) groups excluding carboxylic acids is 1. The molecule has 0 saturated heterocycles. The topological polar surface area (TPSA) is 75.7 Å². The Balaban J connectivity index is 1.99. The van der Waals surface area contributed by atoms with Crippen molar-refractivity contribution in [3.05, 3.63) is 59.2 Å². The number of rotatable bonds is 9. The maximum atomic E-state index is 12.6. The van der Waals surface area contributed by atoms with E-state index in [2.05, 4.69) is 11.4 Å². The van der Waals surface area contributed by atoms with E-state index in [9.17, 15) is 13.2 Å². The quantitative estimate of drug-likeness (QED) is 0.635. The maximum Gasteiger partial charge on any atom is 0.243 e. The minimum absolute atomic E-state index is 0.280. The summed E-state index contributed by atoms with van der Waals surface area (Å²) in [6.07, 6.45) is 1.96. The number of sulfonamides is 1. The lowest BCUT2D eigenvalue weighted by Gasteiger charge is -2.28. The smallest absolute Gasteiger partial charge is 0.243 e. The second-order valence-corrected chi connectivity index (χ2v) is 9.08. The Hall–Kier alpha value is -2.54. The fraction of sp³-hybridized carbons (Fsp3) is 0.409. The van der Waals surface area contributed by atoms with Gasteiger partial charge in [0.1, 0.15) is 18.4 Å². The van der Waals surface area contributed by atoms with Crippen molar-refractivity contribution in [1.29, 1.82) is 0 Å². The number of amides is 1. The number of hydrogen-bond acceptors (Lipinski definition) is 4. The molecule has 1 atom stereocenters. The number of nitrogens with zero attached hydrogens (tertiary/aromatic N) is 1. The van der Waals surface area contributed by atoms with Crippen molar-refractivity contribution in [2.24, 2.45) is 0 Å². The van der Waals surface area contributed by atoms with Crippen LogP contribution in [0, 0.1) is 13.8 Å². The van der Waals surface area contributed by atoms with Gasteiger partial charge in [0.05, 0.1) is 18.5 Å². The summed E-state index contributed by atoms with van der Waals surface area (Å²) in [5.74, 6) is 0.373. The molecule has 0 saturated carbocycles. The van der Waals surface area contributed by atoms with Gasteiger partial charge in [-0.15, -0.1) is 0 Å². The van der Waals surface area contributed by atoms with E-state index in [0.717, 1.165) is 39.4 Å². The number of nitrogens with one attached hydrogen (secondary N) is 1. The van der Waals surface area contributed by atoms with Gasteiger partial charge in [-0.2, -0.15) is 0 Å². The molecule has 2 aromatic rings. The zero-order valence-electron chi connectivity index (χ0n) is 17.7. The van der Waals surface area contributed by atoms with E-state index in [4.69, 9.17) is 4.74 Å². The lowest BCUT2D eigenvalue weighted by molar-refractivity contribution is -0.121. The third-order valence-electron chi connectivity index (χ3n) is 4.55. The van der Waals surface area contributed by atoms with E-state index in [1.807, 2.05) is 45.0 Å². The van der Waals surface area contributed by atoms with Crippen LogP contribution < -0.4 is 14.4 Å². The molecule has 0 aliphatic carbocycles. The van der Waals surface area contributed by atoms with E-state index >= 15 is 0 Å². The lowest BCUT2D eigenvalue weighted by Crippen LogP contribution is -2.48. The van der Waals surface area contributed by atoms with E-state index in [0.29, 0.717) is 12.3 Å². The van der Waals surface area contributed by atoms with Crippen LogP contribution in [0.1, 0.15) is 30.5 Å². The SMILES string of the molecule is CCc1ccc(N([C@H](C)C(=O)NCCOc2cc(C)cc(C)c2)S(C)(=O)=O)cc1. The van der Waals surface area contributed by atoms with Gasteiger partial charge in [0.15, 0.2) is 0 Å². The molecular formula is C22H30N2O4S. The van der Waals surface area contributed by atoms with Crippen LogP contribution >= 0.6 is 0 Å². The highest BCUT2D eigenvalue weighted by atomic mass is 32.2. The summed E-state index contributed by atoms with van der Waals surface area (Å²) in [5.41, 5.74) is 3.78. The van der Waals surface area contributed by atoms with E-state index < -0.39 is 16.1 Å². The van der Waals surface area contributed by atoms with E-state index in [1.165, 1.54) is 0 Å². The molecule has 6 nitrogen and oxygen atoms in total. The van der Waals surface area contributed by atoms with Crippen molar-refractivity contribution in [3.8, 4) is 5.75 Å². The normalized spacial score (nSPS) is 12.3. The standard InChI is InChI=1S/C22H30N2O4S/c1-6-19-7-9-20(10-8-19)24(29(5,26)27)18(4)22(25)23-11-12-28-21-14-16(2)13-17(3)15-21/h7-10,13-15,18H,6,11-12H2,1-5H3,(H,23,25)/t18-/m1/s1. The highest BCUT2D eigenvalue weighted by Crippen LogP contribution is 2.22. The van der Waals surface area contributed by atoms with Crippen LogP contribution in [-0.2, 0) is 21.2 Å². The Morgan fingerprint density at radius 3 is 2.21 bits per heavy atom. The molecule has 2 rings (SSSR count). The number of anilines is 1. The van der Waals surface area contributed by atoms with Gasteiger partial charge in [0.2, 0.25) is 15.9 Å². The Kier molecular flexibility index (Phi) is 7.67. The molecule has 158 valence electrons. The minimum Gasteiger partial charge on any atom is -0.492 e. The maximum absolute atomic E-state index is 12.6. The first-order valence-electron chi connectivity index (χ1n) is 9.69. The molecule has 1 amide bonds. The molecule has 0 unspecified atom stereocenters. The molecule has 0 bridgehead atoms. The van der Waals surface area contributed by atoms with Crippen LogP contribution in [0.3, 0.4) is 0 Å². The largest absolute Gasteiger partial charge is 0.492 e. The second-order valence-electron chi connectivity index (χ2n) is 7.22. The average Bonchev–Trinajstić information content (AvgIpc) is 2.64. The van der Waals surface area contributed by atoms with Gasteiger partial charge in [-0.3, -0.25) is 9.10 Å². The summed E-state index contributed by atoms with van der Waals surface area (Å²) in [7, 11) is -3.62. The molecule has 0 aromatic heterocycles. The van der Waals surface area contributed by atoms with Crippen molar-refractivity contribution >= 4 is 21.6 Å². The summed E-state index contributed by atoms with van der Waals surface area (Å²) in [5, 5.41) is 2.76. The molecule has 0 spiro atoms. The van der Waals surface area contributed by atoms with Crippen molar-refractivity contribution in [2.45, 2.75) is 40.2 Å². The van der Waals surface area contributed by atoms with Crippen molar-refractivity contribution in [1.82, 2.24) is 5.32 Å². The van der Waals surface area contributed by atoms with Crippen LogP contribution in [0.15, 0.2) is 42.5 Å².